The molecule has 0 atom stereocenters. The molecule has 0 amide bonds. The maximum absolute atomic E-state index is 12.0. The van der Waals surface area contributed by atoms with Gasteiger partial charge in [0, 0.05) is 11.8 Å². The first-order chi connectivity index (χ1) is 4.74. The van der Waals surface area contributed by atoms with Gasteiger partial charge in [0.05, 0.1) is 5.02 Å². The summed E-state index contributed by atoms with van der Waals surface area (Å²) in [5, 5.41) is 0.573. The standard InChI is InChI=1S/C6H4Cl2FN/c7-5-1-4(2-9)6(8)10-3-5/h1,3H,2H2. The summed E-state index contributed by atoms with van der Waals surface area (Å²) in [7, 11) is 0. The van der Waals surface area contributed by atoms with Crippen molar-refractivity contribution in [3.05, 3.63) is 28.0 Å². The number of hydrogen-bond donors (Lipinski definition) is 0. The van der Waals surface area contributed by atoms with Gasteiger partial charge in [-0.05, 0) is 6.07 Å². The van der Waals surface area contributed by atoms with Crippen LogP contribution in [0.4, 0.5) is 4.39 Å². The Kier molecular flexibility index (Phi) is 2.46. The Hall–Kier alpha value is -0.340. The highest BCUT2D eigenvalue weighted by molar-refractivity contribution is 6.32. The maximum Gasteiger partial charge on any atom is 0.134 e. The van der Waals surface area contributed by atoms with Gasteiger partial charge in [-0.2, -0.15) is 0 Å². The molecule has 0 aromatic carbocycles. The zero-order chi connectivity index (χ0) is 7.56. The van der Waals surface area contributed by atoms with Crippen molar-refractivity contribution in [1.82, 2.24) is 4.98 Å². The fourth-order valence-corrected chi connectivity index (χ4v) is 0.893. The highest BCUT2D eigenvalue weighted by Crippen LogP contribution is 2.17. The van der Waals surface area contributed by atoms with E-state index in [1.165, 1.54) is 12.3 Å². The molecular formula is C6H4Cl2FN. The molecule has 1 aromatic rings. The molecule has 1 aromatic heterocycles. The van der Waals surface area contributed by atoms with Crippen LogP contribution < -0.4 is 0 Å². The van der Waals surface area contributed by atoms with E-state index >= 15 is 0 Å². The van der Waals surface area contributed by atoms with E-state index < -0.39 is 6.67 Å². The normalized spacial score (nSPS) is 9.90. The van der Waals surface area contributed by atoms with Crippen LogP contribution in [0.3, 0.4) is 0 Å². The van der Waals surface area contributed by atoms with Gasteiger partial charge in [-0.1, -0.05) is 23.2 Å². The third-order valence-corrected chi connectivity index (χ3v) is 1.57. The monoisotopic (exact) mass is 179 g/mol. The van der Waals surface area contributed by atoms with Crippen LogP contribution in [-0.2, 0) is 6.67 Å². The van der Waals surface area contributed by atoms with Gasteiger partial charge in [0.25, 0.3) is 0 Å². The van der Waals surface area contributed by atoms with Gasteiger partial charge in [0.2, 0.25) is 0 Å². The second-order valence-electron chi connectivity index (χ2n) is 1.74. The van der Waals surface area contributed by atoms with E-state index in [-0.39, 0.29) is 5.15 Å². The van der Waals surface area contributed by atoms with E-state index in [9.17, 15) is 4.39 Å². The summed E-state index contributed by atoms with van der Waals surface area (Å²) in [6.45, 7) is -0.633. The minimum atomic E-state index is -0.633. The molecule has 0 N–H and O–H groups in total. The number of halogens is 3. The molecule has 54 valence electrons. The number of hydrogen-bond acceptors (Lipinski definition) is 1. The van der Waals surface area contributed by atoms with Gasteiger partial charge < -0.3 is 0 Å². The van der Waals surface area contributed by atoms with Gasteiger partial charge in [-0.15, -0.1) is 0 Å². The third kappa shape index (κ3) is 1.58. The number of rotatable bonds is 1. The van der Waals surface area contributed by atoms with Crippen molar-refractivity contribution in [1.29, 1.82) is 0 Å². The van der Waals surface area contributed by atoms with Crippen molar-refractivity contribution >= 4 is 23.2 Å². The average molecular weight is 180 g/mol. The lowest BCUT2D eigenvalue weighted by molar-refractivity contribution is 0.484. The van der Waals surface area contributed by atoms with E-state index in [0.717, 1.165) is 0 Å². The van der Waals surface area contributed by atoms with E-state index in [1.54, 1.807) is 0 Å². The lowest BCUT2D eigenvalue weighted by Crippen LogP contribution is -1.83. The van der Waals surface area contributed by atoms with Crippen LogP contribution in [0.1, 0.15) is 5.56 Å². The highest BCUT2D eigenvalue weighted by Gasteiger charge is 2.00. The first kappa shape index (κ1) is 7.76. The molecule has 1 heterocycles. The van der Waals surface area contributed by atoms with Crippen molar-refractivity contribution < 1.29 is 4.39 Å². The predicted octanol–water partition coefficient (Wildman–Crippen LogP) is 2.86. The number of pyridine rings is 1. The largest absolute Gasteiger partial charge is 0.246 e. The lowest BCUT2D eigenvalue weighted by atomic mass is 10.3. The molecule has 0 bridgehead atoms. The highest BCUT2D eigenvalue weighted by atomic mass is 35.5. The average Bonchev–Trinajstić information content (AvgIpc) is 1.94. The molecule has 0 saturated carbocycles. The molecule has 0 saturated heterocycles. The molecular weight excluding hydrogens is 176 g/mol. The smallest absolute Gasteiger partial charge is 0.134 e. The zero-order valence-corrected chi connectivity index (χ0v) is 6.45. The molecule has 0 aliphatic heterocycles. The minimum Gasteiger partial charge on any atom is -0.246 e. The Morgan fingerprint density at radius 3 is 2.70 bits per heavy atom. The topological polar surface area (TPSA) is 12.9 Å². The van der Waals surface area contributed by atoms with Crippen LogP contribution >= 0.6 is 23.2 Å². The van der Waals surface area contributed by atoms with Crippen molar-refractivity contribution in [2.24, 2.45) is 0 Å². The predicted molar refractivity (Wildman–Crippen MR) is 39.1 cm³/mol. The summed E-state index contributed by atoms with van der Waals surface area (Å²) in [5.74, 6) is 0. The van der Waals surface area contributed by atoms with E-state index in [1.807, 2.05) is 0 Å². The Balaban J connectivity index is 3.09. The van der Waals surface area contributed by atoms with E-state index in [0.29, 0.717) is 10.6 Å². The molecule has 0 aliphatic rings. The molecule has 1 rings (SSSR count). The second kappa shape index (κ2) is 3.17. The van der Waals surface area contributed by atoms with E-state index in [4.69, 9.17) is 23.2 Å². The molecule has 10 heavy (non-hydrogen) atoms. The summed E-state index contributed by atoms with van der Waals surface area (Å²) < 4.78 is 12.0. The number of aromatic nitrogens is 1. The summed E-state index contributed by atoms with van der Waals surface area (Å²) >= 11 is 11.0. The first-order valence-electron chi connectivity index (χ1n) is 2.60. The Bertz CT molecular complexity index is 239. The van der Waals surface area contributed by atoms with Crippen molar-refractivity contribution in [3.63, 3.8) is 0 Å². The number of alkyl halides is 1. The summed E-state index contributed by atoms with van der Waals surface area (Å²) in [6, 6.07) is 1.46. The molecule has 4 heteroatoms. The van der Waals surface area contributed by atoms with Crippen LogP contribution in [0.15, 0.2) is 12.3 Å². The van der Waals surface area contributed by atoms with Gasteiger partial charge >= 0.3 is 0 Å². The summed E-state index contributed by atoms with van der Waals surface area (Å²) in [5.41, 5.74) is 0.328. The van der Waals surface area contributed by atoms with Crippen molar-refractivity contribution in [3.8, 4) is 0 Å². The molecule has 0 radical (unpaired) electrons. The van der Waals surface area contributed by atoms with Gasteiger partial charge in [-0.25, -0.2) is 9.37 Å². The van der Waals surface area contributed by atoms with Crippen LogP contribution in [0.25, 0.3) is 0 Å². The summed E-state index contributed by atoms with van der Waals surface area (Å²) in [4.78, 5) is 3.64. The summed E-state index contributed by atoms with van der Waals surface area (Å²) in [6.07, 6.45) is 1.38. The molecule has 0 spiro atoms. The Labute approximate surface area is 67.8 Å². The van der Waals surface area contributed by atoms with Crippen LogP contribution in [0.2, 0.25) is 10.2 Å². The van der Waals surface area contributed by atoms with E-state index in [2.05, 4.69) is 4.98 Å². The number of nitrogens with zero attached hydrogens (tertiary/aromatic N) is 1. The van der Waals surface area contributed by atoms with Crippen LogP contribution in [0.5, 0.6) is 0 Å². The second-order valence-corrected chi connectivity index (χ2v) is 2.53. The van der Waals surface area contributed by atoms with Crippen LogP contribution in [-0.4, -0.2) is 4.98 Å². The van der Waals surface area contributed by atoms with Crippen molar-refractivity contribution in [2.75, 3.05) is 0 Å². The minimum absolute atomic E-state index is 0.173. The third-order valence-electron chi connectivity index (χ3n) is 1.02. The Morgan fingerprint density at radius 2 is 2.20 bits per heavy atom. The lowest BCUT2D eigenvalue weighted by Gasteiger charge is -1.96. The quantitative estimate of drug-likeness (QED) is 0.605. The zero-order valence-electron chi connectivity index (χ0n) is 4.94. The Morgan fingerprint density at radius 1 is 1.50 bits per heavy atom. The molecule has 1 nitrogen and oxygen atoms in total. The van der Waals surface area contributed by atoms with Crippen molar-refractivity contribution in [2.45, 2.75) is 6.67 Å². The fourth-order valence-electron chi connectivity index (χ4n) is 0.558. The van der Waals surface area contributed by atoms with Gasteiger partial charge in [-0.3, -0.25) is 0 Å². The van der Waals surface area contributed by atoms with Gasteiger partial charge in [0.1, 0.15) is 11.8 Å². The molecule has 0 unspecified atom stereocenters. The van der Waals surface area contributed by atoms with Gasteiger partial charge in [0.15, 0.2) is 0 Å². The first-order valence-corrected chi connectivity index (χ1v) is 3.35. The SMILES string of the molecule is FCc1cc(Cl)cnc1Cl. The molecule has 0 aliphatic carbocycles. The fraction of sp³-hybridized carbons (Fsp3) is 0.167. The molecule has 0 fully saturated rings. The van der Waals surface area contributed by atoms with Crippen LogP contribution in [0, 0.1) is 0 Å². The maximum atomic E-state index is 12.0.